The van der Waals surface area contributed by atoms with Crippen LogP contribution in [0.2, 0.25) is 10.4 Å². The van der Waals surface area contributed by atoms with Crippen LogP contribution in [0.3, 0.4) is 0 Å². The van der Waals surface area contributed by atoms with Crippen molar-refractivity contribution in [3.8, 4) is 0 Å². The molecule has 162 valence electrons. The highest BCUT2D eigenvalue weighted by Crippen LogP contribution is 2.24. The molecule has 29 heavy (non-hydrogen) atoms. The first-order chi connectivity index (χ1) is 14.0. The lowest BCUT2D eigenvalue weighted by atomic mass is 10.1. The molecule has 1 aliphatic heterocycles. The van der Waals surface area contributed by atoms with Gasteiger partial charge in [-0.25, -0.2) is 9.97 Å². The Bertz CT molecular complexity index is 770. The molecule has 1 saturated heterocycles. The zero-order chi connectivity index (χ0) is 20.6. The number of piperazine rings is 1. The zero-order valence-corrected chi connectivity index (χ0v) is 19.4. The van der Waals surface area contributed by atoms with Crippen molar-refractivity contribution in [2.24, 2.45) is 0 Å². The van der Waals surface area contributed by atoms with Crippen LogP contribution in [0.1, 0.15) is 57.2 Å². The third-order valence-corrected chi connectivity index (χ3v) is 6.36. The fraction of sp³-hybridized carbons (Fsp3) is 0.762. The van der Waals surface area contributed by atoms with Crippen molar-refractivity contribution in [3.05, 3.63) is 16.3 Å². The van der Waals surface area contributed by atoms with Gasteiger partial charge in [0.05, 0.1) is 0 Å². The van der Waals surface area contributed by atoms with E-state index in [1.54, 1.807) is 0 Å². The molecule has 8 heteroatoms. The molecule has 3 heterocycles. The number of imidazole rings is 1. The van der Waals surface area contributed by atoms with Crippen LogP contribution in [0.4, 0.5) is 0 Å². The summed E-state index contributed by atoms with van der Waals surface area (Å²) >= 11 is 12.1. The van der Waals surface area contributed by atoms with Gasteiger partial charge in [-0.1, -0.05) is 50.1 Å². The monoisotopic (exact) mass is 440 g/mol. The number of likely N-dealkylation sites (N-methyl/N-ethyl adjacent to an activating group) is 1. The Morgan fingerprint density at radius 1 is 0.759 bits per heavy atom. The number of aromatic nitrogens is 4. The Morgan fingerprint density at radius 2 is 1.34 bits per heavy atom. The van der Waals surface area contributed by atoms with Gasteiger partial charge in [0.1, 0.15) is 11.3 Å². The molecule has 0 saturated carbocycles. The molecule has 1 aliphatic rings. The Morgan fingerprint density at radius 3 is 2.00 bits per heavy atom. The molecule has 6 nitrogen and oxygen atoms in total. The number of aryl methyl sites for hydroxylation is 2. The quantitative estimate of drug-likeness (QED) is 0.285. The number of rotatable bonds is 11. The van der Waals surface area contributed by atoms with E-state index in [9.17, 15) is 0 Å². The van der Waals surface area contributed by atoms with E-state index in [0.29, 0.717) is 10.8 Å². The second kappa shape index (κ2) is 11.4. The summed E-state index contributed by atoms with van der Waals surface area (Å²) in [6.07, 6.45) is 10.4. The fourth-order valence-electron chi connectivity index (χ4n) is 4.09. The van der Waals surface area contributed by atoms with Gasteiger partial charge in [0.25, 0.3) is 0 Å². The second-order valence-corrected chi connectivity index (χ2v) is 8.94. The average Bonchev–Trinajstić information content (AvgIpc) is 3.00. The average molecular weight is 441 g/mol. The Hall–Kier alpha value is -0.950. The molecule has 0 N–H and O–H groups in total. The van der Waals surface area contributed by atoms with Crippen molar-refractivity contribution in [1.82, 2.24) is 29.3 Å². The fourth-order valence-corrected chi connectivity index (χ4v) is 4.56. The van der Waals surface area contributed by atoms with Gasteiger partial charge < -0.3 is 14.4 Å². The Kier molecular flexibility index (Phi) is 8.97. The zero-order valence-electron chi connectivity index (χ0n) is 17.8. The van der Waals surface area contributed by atoms with Crippen molar-refractivity contribution in [2.45, 2.75) is 64.8 Å². The first-order valence-corrected chi connectivity index (χ1v) is 11.8. The molecule has 0 spiro atoms. The van der Waals surface area contributed by atoms with E-state index in [1.807, 2.05) is 6.92 Å². The van der Waals surface area contributed by atoms with Crippen LogP contribution in [-0.4, -0.2) is 69.1 Å². The van der Waals surface area contributed by atoms with E-state index in [2.05, 4.69) is 36.4 Å². The third kappa shape index (κ3) is 6.78. The highest BCUT2D eigenvalue weighted by molar-refractivity contribution is 6.35. The van der Waals surface area contributed by atoms with Gasteiger partial charge in [-0.05, 0) is 45.0 Å². The molecule has 0 bridgehead atoms. The van der Waals surface area contributed by atoms with Crippen molar-refractivity contribution >= 4 is 34.4 Å². The first kappa shape index (κ1) is 22.7. The van der Waals surface area contributed by atoms with Crippen LogP contribution in [0.15, 0.2) is 0 Å². The van der Waals surface area contributed by atoms with Gasteiger partial charge in [0.15, 0.2) is 10.8 Å². The van der Waals surface area contributed by atoms with Crippen LogP contribution in [0, 0.1) is 6.92 Å². The van der Waals surface area contributed by atoms with E-state index in [4.69, 9.17) is 23.2 Å². The summed E-state index contributed by atoms with van der Waals surface area (Å²) in [5, 5.41) is 0.535. The van der Waals surface area contributed by atoms with Crippen LogP contribution >= 0.6 is 23.2 Å². The van der Waals surface area contributed by atoms with Crippen molar-refractivity contribution in [3.63, 3.8) is 0 Å². The summed E-state index contributed by atoms with van der Waals surface area (Å²) in [6.45, 7) is 9.09. The highest BCUT2D eigenvalue weighted by Gasteiger charge is 2.14. The predicted molar refractivity (Wildman–Crippen MR) is 121 cm³/mol. The van der Waals surface area contributed by atoms with E-state index in [1.165, 1.54) is 77.7 Å². The largest absolute Gasteiger partial charge is 0.324 e. The number of fused-ring (bicyclic) bond motifs is 1. The van der Waals surface area contributed by atoms with Crippen LogP contribution in [0.5, 0.6) is 0 Å². The lowest BCUT2D eigenvalue weighted by molar-refractivity contribution is 0.152. The van der Waals surface area contributed by atoms with E-state index >= 15 is 0 Å². The molecule has 1 fully saturated rings. The second-order valence-electron chi connectivity index (χ2n) is 8.24. The lowest BCUT2D eigenvalue weighted by Crippen LogP contribution is -2.44. The summed E-state index contributed by atoms with van der Waals surface area (Å²) in [4.78, 5) is 17.7. The molecular formula is C21H34Cl2N6. The maximum Gasteiger partial charge on any atom is 0.225 e. The van der Waals surface area contributed by atoms with E-state index in [0.717, 1.165) is 24.3 Å². The highest BCUT2D eigenvalue weighted by atomic mass is 35.5. The van der Waals surface area contributed by atoms with Crippen molar-refractivity contribution < 1.29 is 0 Å². The SMILES string of the molecule is Cc1nc2nc(Cl)nc(Cl)c2n1CCCCCCCCCCN1CCN(C)CC1. The number of halogens is 2. The number of hydrogen-bond acceptors (Lipinski definition) is 5. The lowest BCUT2D eigenvalue weighted by Gasteiger charge is -2.32. The van der Waals surface area contributed by atoms with Crippen molar-refractivity contribution in [2.75, 3.05) is 39.8 Å². The number of nitrogens with zero attached hydrogens (tertiary/aromatic N) is 6. The van der Waals surface area contributed by atoms with Crippen LogP contribution in [0.25, 0.3) is 11.2 Å². The minimum atomic E-state index is 0.149. The van der Waals surface area contributed by atoms with E-state index < -0.39 is 0 Å². The molecule has 0 aromatic carbocycles. The summed E-state index contributed by atoms with van der Waals surface area (Å²) in [6, 6.07) is 0. The molecule has 3 rings (SSSR count). The first-order valence-electron chi connectivity index (χ1n) is 11.0. The molecule has 0 atom stereocenters. The Balaban J connectivity index is 1.25. The van der Waals surface area contributed by atoms with Crippen molar-refractivity contribution in [1.29, 1.82) is 0 Å². The maximum absolute atomic E-state index is 6.26. The summed E-state index contributed by atoms with van der Waals surface area (Å²) in [7, 11) is 2.22. The molecule has 0 aliphatic carbocycles. The van der Waals surface area contributed by atoms with Gasteiger partial charge in [0.2, 0.25) is 5.28 Å². The minimum Gasteiger partial charge on any atom is -0.324 e. The van der Waals surface area contributed by atoms with Crippen LogP contribution < -0.4 is 0 Å². The molecule has 0 amide bonds. The minimum absolute atomic E-state index is 0.149. The van der Waals surface area contributed by atoms with Gasteiger partial charge in [0, 0.05) is 32.7 Å². The van der Waals surface area contributed by atoms with Gasteiger partial charge in [-0.2, -0.15) is 4.98 Å². The number of unbranched alkanes of at least 4 members (excludes halogenated alkanes) is 7. The van der Waals surface area contributed by atoms with Crippen LogP contribution in [-0.2, 0) is 6.54 Å². The molecule has 0 unspecified atom stereocenters. The topological polar surface area (TPSA) is 50.1 Å². The van der Waals surface area contributed by atoms with Gasteiger partial charge >= 0.3 is 0 Å². The summed E-state index contributed by atoms with van der Waals surface area (Å²) < 4.78 is 2.12. The molecule has 2 aromatic rings. The standard InChI is InChI=1S/C21H34Cl2N6/c1-17-24-20-18(19(22)25-21(23)26-20)29(17)12-10-8-6-4-3-5-7-9-11-28-15-13-27(2)14-16-28/h3-16H2,1-2H3. The normalized spacial score (nSPS) is 16.1. The number of hydrogen-bond donors (Lipinski definition) is 0. The van der Waals surface area contributed by atoms with Gasteiger partial charge in [-0.15, -0.1) is 0 Å². The molecule has 2 aromatic heterocycles. The predicted octanol–water partition coefficient (Wildman–Crippen LogP) is 4.81. The summed E-state index contributed by atoms with van der Waals surface area (Å²) in [5.41, 5.74) is 1.39. The van der Waals surface area contributed by atoms with Gasteiger partial charge in [-0.3, -0.25) is 0 Å². The summed E-state index contributed by atoms with van der Waals surface area (Å²) in [5.74, 6) is 0.916. The Labute approximate surface area is 184 Å². The third-order valence-electron chi connectivity index (χ3n) is 5.93. The van der Waals surface area contributed by atoms with E-state index in [-0.39, 0.29) is 5.28 Å². The molecular weight excluding hydrogens is 407 g/mol. The smallest absolute Gasteiger partial charge is 0.225 e. The maximum atomic E-state index is 6.26. The molecule has 0 radical (unpaired) electrons.